The van der Waals surface area contributed by atoms with Gasteiger partial charge in [-0.05, 0) is 43.7 Å². The molecule has 2 aromatic heterocycles. The number of likely N-dealkylation sites (tertiary alicyclic amines) is 1. The number of carboxylic acids is 2. The van der Waals surface area contributed by atoms with E-state index < -0.39 is 24.2 Å². The second kappa shape index (κ2) is 10.8. The van der Waals surface area contributed by atoms with E-state index in [4.69, 9.17) is 14.3 Å². The van der Waals surface area contributed by atoms with Gasteiger partial charge in [-0.15, -0.1) is 0 Å². The van der Waals surface area contributed by atoms with Gasteiger partial charge in [0.1, 0.15) is 6.04 Å². The van der Waals surface area contributed by atoms with Gasteiger partial charge in [-0.25, -0.2) is 9.59 Å². The minimum absolute atomic E-state index is 0.0851. The average molecular weight is 457 g/mol. The highest BCUT2D eigenvalue weighted by Gasteiger charge is 2.39. The Morgan fingerprint density at radius 1 is 1.25 bits per heavy atom. The molecule has 174 valence electrons. The molecule has 2 unspecified atom stereocenters. The van der Waals surface area contributed by atoms with E-state index in [1.54, 1.807) is 24.5 Å². The molecule has 1 aliphatic heterocycles. The van der Waals surface area contributed by atoms with Crippen molar-refractivity contribution in [3.05, 3.63) is 54.2 Å². The molecule has 0 radical (unpaired) electrons. The van der Waals surface area contributed by atoms with Crippen molar-refractivity contribution in [1.82, 2.24) is 14.8 Å². The Morgan fingerprint density at radius 2 is 1.94 bits per heavy atom. The quantitative estimate of drug-likeness (QED) is 0.702. The Kier molecular flexibility index (Phi) is 8.35. The Bertz CT molecular complexity index is 905. The predicted molar refractivity (Wildman–Crippen MR) is 104 cm³/mol. The third-order valence-corrected chi connectivity index (χ3v) is 4.87. The molecule has 1 aliphatic rings. The molecule has 1 saturated heterocycles. The van der Waals surface area contributed by atoms with Gasteiger partial charge in [0.05, 0.1) is 6.26 Å². The van der Waals surface area contributed by atoms with E-state index >= 15 is 0 Å². The molecule has 9 nitrogen and oxygen atoms in total. The van der Waals surface area contributed by atoms with Gasteiger partial charge in [-0.1, -0.05) is 6.07 Å². The number of aliphatic carboxylic acids is 2. The van der Waals surface area contributed by atoms with E-state index in [0.717, 1.165) is 5.56 Å². The number of aromatic nitrogens is 1. The lowest BCUT2D eigenvalue weighted by Gasteiger charge is -2.40. The van der Waals surface area contributed by atoms with Crippen molar-refractivity contribution < 1.29 is 42.2 Å². The summed E-state index contributed by atoms with van der Waals surface area (Å²) in [7, 11) is 1.97. The molecular weight excluding hydrogens is 435 g/mol. The topological polar surface area (TPSA) is 124 Å². The van der Waals surface area contributed by atoms with Gasteiger partial charge in [0.2, 0.25) is 0 Å². The van der Waals surface area contributed by atoms with E-state index in [1.807, 2.05) is 19.2 Å². The first-order valence-corrected chi connectivity index (χ1v) is 9.47. The van der Waals surface area contributed by atoms with Gasteiger partial charge in [0.15, 0.2) is 5.76 Å². The molecule has 0 aliphatic carbocycles. The van der Waals surface area contributed by atoms with Crippen LogP contribution in [0.2, 0.25) is 0 Å². The van der Waals surface area contributed by atoms with Crippen LogP contribution in [0.3, 0.4) is 0 Å². The highest BCUT2D eigenvalue weighted by atomic mass is 19.4. The van der Waals surface area contributed by atoms with E-state index in [9.17, 15) is 27.9 Å². The second-order valence-electron chi connectivity index (χ2n) is 7.09. The van der Waals surface area contributed by atoms with Gasteiger partial charge < -0.3 is 19.5 Å². The molecular formula is C20H22F3N3O6. The number of carboxylic acid groups (broad SMARTS) is 2. The van der Waals surface area contributed by atoms with Gasteiger partial charge >= 0.3 is 18.1 Å². The average Bonchev–Trinajstić information content (AvgIpc) is 3.28. The monoisotopic (exact) mass is 457 g/mol. The molecule has 2 atom stereocenters. The van der Waals surface area contributed by atoms with Crippen molar-refractivity contribution in [3.8, 4) is 0 Å². The van der Waals surface area contributed by atoms with Crippen molar-refractivity contribution in [2.45, 2.75) is 37.6 Å². The summed E-state index contributed by atoms with van der Waals surface area (Å²) in [5.41, 5.74) is 1.07. The van der Waals surface area contributed by atoms with Crippen LogP contribution < -0.4 is 0 Å². The highest BCUT2D eigenvalue weighted by molar-refractivity contribution is 5.94. The van der Waals surface area contributed by atoms with Crippen LogP contribution in [0.15, 0.2) is 47.3 Å². The lowest BCUT2D eigenvalue weighted by Crippen LogP contribution is -2.54. The standard InChI is InChI=1S/C18H21N3O4.C2HF3O2/c1-20(12-13-4-2-7-19-11-13)14-6-8-21(15(10-14)18(23)24)17(22)16-5-3-9-25-16;3-2(4,5)1(6)7/h2-5,7,9,11,14-15H,6,8,10,12H2,1H3,(H,23,24);(H,6,7). The molecule has 0 spiro atoms. The Morgan fingerprint density at radius 3 is 2.44 bits per heavy atom. The summed E-state index contributed by atoms with van der Waals surface area (Å²) in [6.07, 6.45) is 0.965. The van der Waals surface area contributed by atoms with Crippen LogP contribution in [0.1, 0.15) is 29.0 Å². The fourth-order valence-corrected chi connectivity index (χ4v) is 3.27. The molecule has 0 saturated carbocycles. The van der Waals surface area contributed by atoms with E-state index in [1.165, 1.54) is 11.2 Å². The first-order valence-electron chi connectivity index (χ1n) is 9.47. The molecule has 0 aromatic carbocycles. The largest absolute Gasteiger partial charge is 0.490 e. The summed E-state index contributed by atoms with van der Waals surface area (Å²) in [6, 6.07) is 6.29. The van der Waals surface area contributed by atoms with Crippen LogP contribution in [0.4, 0.5) is 13.2 Å². The first-order chi connectivity index (χ1) is 15.0. The number of nitrogens with zero attached hydrogens (tertiary/aromatic N) is 3. The summed E-state index contributed by atoms with van der Waals surface area (Å²) in [5, 5.41) is 16.7. The van der Waals surface area contributed by atoms with Gasteiger partial charge in [0.25, 0.3) is 5.91 Å². The molecule has 2 aromatic rings. The molecule has 1 amide bonds. The summed E-state index contributed by atoms with van der Waals surface area (Å²) >= 11 is 0. The summed E-state index contributed by atoms with van der Waals surface area (Å²) in [4.78, 5) is 40.7. The lowest BCUT2D eigenvalue weighted by molar-refractivity contribution is -0.192. The third kappa shape index (κ3) is 6.80. The zero-order chi connectivity index (χ0) is 23.9. The van der Waals surface area contributed by atoms with Crippen molar-refractivity contribution in [3.63, 3.8) is 0 Å². The zero-order valence-electron chi connectivity index (χ0n) is 17.0. The van der Waals surface area contributed by atoms with E-state index in [0.29, 0.717) is 25.9 Å². The van der Waals surface area contributed by atoms with E-state index in [-0.39, 0.29) is 17.7 Å². The van der Waals surface area contributed by atoms with Crippen molar-refractivity contribution in [2.75, 3.05) is 13.6 Å². The molecule has 0 bridgehead atoms. The molecule has 3 rings (SSSR count). The molecule has 3 heterocycles. The number of amides is 1. The van der Waals surface area contributed by atoms with Crippen LogP contribution in [0.25, 0.3) is 0 Å². The Labute approximate surface area is 181 Å². The summed E-state index contributed by atoms with van der Waals surface area (Å²) in [5.74, 6) is -3.94. The SMILES string of the molecule is CN(Cc1cccnc1)C1CCN(C(=O)c2ccco2)C(C(=O)O)C1.O=C(O)C(F)(F)F. The molecule has 1 fully saturated rings. The normalized spacial score (nSPS) is 18.6. The lowest BCUT2D eigenvalue weighted by atomic mass is 9.95. The zero-order valence-corrected chi connectivity index (χ0v) is 17.0. The number of alkyl halides is 3. The molecule has 32 heavy (non-hydrogen) atoms. The maximum Gasteiger partial charge on any atom is 0.490 e. The fourth-order valence-electron chi connectivity index (χ4n) is 3.27. The maximum atomic E-state index is 12.5. The van der Waals surface area contributed by atoms with Crippen LogP contribution in [-0.4, -0.2) is 74.7 Å². The number of carbonyl (C=O) groups excluding carboxylic acids is 1. The number of rotatable bonds is 5. The molecule has 12 heteroatoms. The maximum absolute atomic E-state index is 12.5. The number of hydrogen-bond acceptors (Lipinski definition) is 6. The van der Waals surface area contributed by atoms with E-state index in [2.05, 4.69) is 9.88 Å². The van der Waals surface area contributed by atoms with Crippen molar-refractivity contribution >= 4 is 17.8 Å². The number of piperidine rings is 1. The number of pyridine rings is 1. The predicted octanol–water partition coefficient (Wildman–Crippen LogP) is 2.50. The molecule has 2 N–H and O–H groups in total. The van der Waals surface area contributed by atoms with Gasteiger partial charge in [-0.2, -0.15) is 13.2 Å². The number of furan rings is 1. The minimum Gasteiger partial charge on any atom is -0.480 e. The van der Waals surface area contributed by atoms with Crippen molar-refractivity contribution in [1.29, 1.82) is 0 Å². The minimum atomic E-state index is -5.08. The van der Waals surface area contributed by atoms with Gasteiger partial charge in [-0.3, -0.25) is 14.7 Å². The van der Waals surface area contributed by atoms with Crippen LogP contribution >= 0.6 is 0 Å². The van der Waals surface area contributed by atoms with Crippen LogP contribution in [0.5, 0.6) is 0 Å². The van der Waals surface area contributed by atoms with Crippen molar-refractivity contribution in [2.24, 2.45) is 0 Å². The first kappa shape index (κ1) is 24.9. The number of carbonyl (C=O) groups is 3. The summed E-state index contributed by atoms with van der Waals surface area (Å²) < 4.78 is 36.9. The highest BCUT2D eigenvalue weighted by Crippen LogP contribution is 2.24. The van der Waals surface area contributed by atoms with Crippen LogP contribution in [-0.2, 0) is 16.1 Å². The van der Waals surface area contributed by atoms with Crippen LogP contribution in [0, 0.1) is 0 Å². The number of halogens is 3. The Balaban J connectivity index is 0.000000451. The second-order valence-corrected chi connectivity index (χ2v) is 7.09. The Hall–Kier alpha value is -3.41. The van der Waals surface area contributed by atoms with Gasteiger partial charge in [0, 0.05) is 31.5 Å². The fraction of sp³-hybridized carbons (Fsp3) is 0.400. The smallest absolute Gasteiger partial charge is 0.480 e. The third-order valence-electron chi connectivity index (χ3n) is 4.87. The summed E-state index contributed by atoms with van der Waals surface area (Å²) in [6.45, 7) is 1.08. The number of hydrogen-bond donors (Lipinski definition) is 2.